The van der Waals surface area contributed by atoms with Gasteiger partial charge in [0.15, 0.2) is 0 Å². The van der Waals surface area contributed by atoms with Crippen LogP contribution in [0.1, 0.15) is 50.0 Å². The molecule has 0 heterocycles. The molecule has 0 saturated heterocycles. The summed E-state index contributed by atoms with van der Waals surface area (Å²) < 4.78 is 4.72. The number of nitrogens with one attached hydrogen (secondary N) is 1. The maximum atomic E-state index is 12.3. The van der Waals surface area contributed by atoms with E-state index < -0.39 is 12.0 Å². The van der Waals surface area contributed by atoms with Gasteiger partial charge in [-0.2, -0.15) is 0 Å². The third-order valence-corrected chi connectivity index (χ3v) is 3.36. The van der Waals surface area contributed by atoms with Crippen molar-refractivity contribution in [2.75, 3.05) is 7.11 Å². The molecule has 0 fully saturated rings. The summed E-state index contributed by atoms with van der Waals surface area (Å²) in [5, 5.41) is 2.70. The Bertz CT molecular complexity index is 553. The van der Waals surface area contributed by atoms with E-state index >= 15 is 0 Å². The van der Waals surface area contributed by atoms with Crippen molar-refractivity contribution >= 4 is 11.9 Å². The average molecular weight is 303 g/mol. The summed E-state index contributed by atoms with van der Waals surface area (Å²) in [6, 6.07) is 6.69. The van der Waals surface area contributed by atoms with Gasteiger partial charge in [0.1, 0.15) is 6.04 Å². The molecule has 4 nitrogen and oxygen atoms in total. The summed E-state index contributed by atoms with van der Waals surface area (Å²) in [4.78, 5) is 24.0. The topological polar surface area (TPSA) is 55.4 Å². The second-order valence-electron chi connectivity index (χ2n) is 6.54. The smallest absolute Gasteiger partial charge is 0.328 e. The Hall–Kier alpha value is -2.10. The van der Waals surface area contributed by atoms with Crippen LogP contribution in [0.15, 0.2) is 36.4 Å². The highest BCUT2D eigenvalue weighted by atomic mass is 16.5. The van der Waals surface area contributed by atoms with Gasteiger partial charge in [-0.1, -0.05) is 38.5 Å². The van der Waals surface area contributed by atoms with E-state index in [1.807, 2.05) is 12.1 Å². The molecule has 1 rings (SSSR count). The Morgan fingerprint density at radius 1 is 1.23 bits per heavy atom. The molecule has 22 heavy (non-hydrogen) atoms. The van der Waals surface area contributed by atoms with Gasteiger partial charge in [0.25, 0.3) is 5.91 Å². The van der Waals surface area contributed by atoms with Crippen molar-refractivity contribution < 1.29 is 14.3 Å². The minimum absolute atomic E-state index is 0.0313. The molecule has 0 saturated carbocycles. The maximum Gasteiger partial charge on any atom is 0.328 e. The second kappa shape index (κ2) is 7.25. The second-order valence-corrected chi connectivity index (χ2v) is 6.54. The fourth-order valence-corrected chi connectivity index (χ4v) is 2.05. The third kappa shape index (κ3) is 5.02. The summed E-state index contributed by atoms with van der Waals surface area (Å²) in [6.45, 7) is 11.9. The molecule has 1 atom stereocenters. The lowest BCUT2D eigenvalue weighted by Crippen LogP contribution is -2.41. The van der Waals surface area contributed by atoms with Crippen LogP contribution in [0.3, 0.4) is 0 Å². The van der Waals surface area contributed by atoms with E-state index in [1.54, 1.807) is 19.1 Å². The van der Waals surface area contributed by atoms with Crippen LogP contribution in [0.5, 0.6) is 0 Å². The van der Waals surface area contributed by atoms with E-state index in [-0.39, 0.29) is 11.3 Å². The van der Waals surface area contributed by atoms with Crippen molar-refractivity contribution in [3.63, 3.8) is 0 Å². The first-order valence-electron chi connectivity index (χ1n) is 7.28. The summed E-state index contributed by atoms with van der Waals surface area (Å²) >= 11 is 0. The van der Waals surface area contributed by atoms with Gasteiger partial charge in [0.05, 0.1) is 7.11 Å². The van der Waals surface area contributed by atoms with E-state index in [4.69, 9.17) is 4.74 Å². The molecule has 0 spiro atoms. The number of methoxy groups -OCH3 is 1. The lowest BCUT2D eigenvalue weighted by atomic mass is 9.86. The first-order valence-corrected chi connectivity index (χ1v) is 7.28. The van der Waals surface area contributed by atoms with Gasteiger partial charge >= 0.3 is 5.97 Å². The van der Waals surface area contributed by atoms with Crippen LogP contribution in [-0.2, 0) is 14.9 Å². The number of carbonyl (C=O) groups is 2. The van der Waals surface area contributed by atoms with Gasteiger partial charge in [0.2, 0.25) is 0 Å². The van der Waals surface area contributed by atoms with Crippen molar-refractivity contribution in [2.24, 2.45) is 0 Å². The van der Waals surface area contributed by atoms with Crippen molar-refractivity contribution in [3.8, 4) is 0 Å². The summed E-state index contributed by atoms with van der Waals surface area (Å²) in [7, 11) is 1.30. The van der Waals surface area contributed by atoms with E-state index in [1.165, 1.54) is 7.11 Å². The molecule has 0 unspecified atom stereocenters. The molecule has 1 aromatic carbocycles. The molecule has 1 N–H and O–H groups in total. The molecular formula is C18H25NO3. The van der Waals surface area contributed by atoms with Gasteiger partial charge in [-0.05, 0) is 36.5 Å². The SMILES string of the molecule is C=C(C)C[C@@H](NC(=O)c1ccc(C(C)(C)C)cc1)C(=O)OC. The Balaban J connectivity index is 2.86. The third-order valence-electron chi connectivity index (χ3n) is 3.36. The molecule has 0 bridgehead atoms. The molecule has 0 aliphatic rings. The van der Waals surface area contributed by atoms with Crippen molar-refractivity contribution in [1.29, 1.82) is 0 Å². The quantitative estimate of drug-likeness (QED) is 0.671. The van der Waals surface area contributed by atoms with Crippen molar-refractivity contribution in [1.82, 2.24) is 5.32 Å². The molecular weight excluding hydrogens is 278 g/mol. The van der Waals surface area contributed by atoms with Crippen LogP contribution in [0.25, 0.3) is 0 Å². The molecule has 4 heteroatoms. The first kappa shape index (κ1) is 18.0. The van der Waals surface area contributed by atoms with E-state index in [0.717, 1.165) is 11.1 Å². The molecule has 0 aromatic heterocycles. The number of esters is 1. The summed E-state index contributed by atoms with van der Waals surface area (Å²) in [5.74, 6) is -0.764. The molecule has 1 amide bonds. The molecule has 0 aliphatic heterocycles. The van der Waals surface area contributed by atoms with Crippen molar-refractivity contribution in [3.05, 3.63) is 47.5 Å². The lowest BCUT2D eigenvalue weighted by Gasteiger charge is -2.20. The Labute approximate surface area is 132 Å². The predicted octanol–water partition coefficient (Wildman–Crippen LogP) is 3.22. The first-order chi connectivity index (χ1) is 10.1. The number of hydrogen-bond acceptors (Lipinski definition) is 3. The van der Waals surface area contributed by atoms with Crippen molar-refractivity contribution in [2.45, 2.75) is 45.6 Å². The number of carbonyl (C=O) groups excluding carboxylic acids is 2. The predicted molar refractivity (Wildman–Crippen MR) is 87.8 cm³/mol. The van der Waals surface area contributed by atoms with E-state index in [9.17, 15) is 9.59 Å². The molecule has 1 aromatic rings. The molecule has 0 radical (unpaired) electrons. The fraction of sp³-hybridized carbons (Fsp3) is 0.444. The summed E-state index contributed by atoms with van der Waals surface area (Å²) in [5.41, 5.74) is 2.50. The molecule has 0 aliphatic carbocycles. The Kier molecular flexibility index (Phi) is 5.92. The van der Waals surface area contributed by atoms with Crippen LogP contribution in [0.4, 0.5) is 0 Å². The number of rotatable bonds is 5. The van der Waals surface area contributed by atoms with Gasteiger partial charge in [-0.25, -0.2) is 4.79 Å². The van der Waals surface area contributed by atoms with Crippen LogP contribution in [0.2, 0.25) is 0 Å². The lowest BCUT2D eigenvalue weighted by molar-refractivity contribution is -0.142. The van der Waals surface area contributed by atoms with E-state index in [2.05, 4.69) is 32.7 Å². The van der Waals surface area contributed by atoms with E-state index in [0.29, 0.717) is 12.0 Å². The van der Waals surface area contributed by atoms with Gasteiger partial charge in [-0.3, -0.25) is 4.79 Å². The minimum Gasteiger partial charge on any atom is -0.467 e. The Morgan fingerprint density at radius 2 is 1.77 bits per heavy atom. The zero-order chi connectivity index (χ0) is 16.9. The zero-order valence-corrected chi connectivity index (χ0v) is 14.0. The van der Waals surface area contributed by atoms with Crippen LogP contribution < -0.4 is 5.32 Å². The largest absolute Gasteiger partial charge is 0.467 e. The highest BCUT2D eigenvalue weighted by Gasteiger charge is 2.22. The minimum atomic E-state index is -0.711. The molecule has 120 valence electrons. The summed E-state index contributed by atoms with van der Waals surface area (Å²) in [6.07, 6.45) is 0.360. The number of ether oxygens (including phenoxy) is 1. The average Bonchev–Trinajstić information content (AvgIpc) is 2.44. The monoisotopic (exact) mass is 303 g/mol. The highest BCUT2D eigenvalue weighted by Crippen LogP contribution is 2.22. The number of benzene rings is 1. The van der Waals surface area contributed by atoms with Gasteiger partial charge < -0.3 is 10.1 Å². The fourth-order valence-electron chi connectivity index (χ4n) is 2.05. The van der Waals surface area contributed by atoms with Crippen LogP contribution >= 0.6 is 0 Å². The van der Waals surface area contributed by atoms with Gasteiger partial charge in [0, 0.05) is 5.56 Å². The Morgan fingerprint density at radius 3 is 2.18 bits per heavy atom. The highest BCUT2D eigenvalue weighted by molar-refractivity contribution is 5.96. The number of amides is 1. The van der Waals surface area contributed by atoms with Crippen LogP contribution in [0, 0.1) is 0 Å². The maximum absolute atomic E-state index is 12.3. The van der Waals surface area contributed by atoms with Gasteiger partial charge in [-0.15, -0.1) is 6.58 Å². The zero-order valence-electron chi connectivity index (χ0n) is 14.0. The normalized spacial score (nSPS) is 12.4. The standard InChI is InChI=1S/C18H25NO3/c1-12(2)11-15(17(21)22-6)19-16(20)13-7-9-14(10-8-13)18(3,4)5/h7-10,15H,1,11H2,2-6H3,(H,19,20)/t15-/m1/s1. The number of hydrogen-bond donors (Lipinski definition) is 1. The van der Waals surface area contributed by atoms with Crippen LogP contribution in [-0.4, -0.2) is 25.0 Å².